The van der Waals surface area contributed by atoms with Gasteiger partial charge in [0.2, 0.25) is 0 Å². The number of benzene rings is 1. The van der Waals surface area contributed by atoms with Gasteiger partial charge in [-0.05, 0) is 69.0 Å². The normalized spacial score (nSPS) is 10.8. The monoisotopic (exact) mass is 340 g/mol. The number of hydrogen-bond donors (Lipinski definition) is 1. The van der Waals surface area contributed by atoms with Crippen LogP contribution < -0.4 is 5.32 Å². The minimum Gasteiger partial charge on any atom is -0.355 e. The van der Waals surface area contributed by atoms with E-state index in [1.54, 1.807) is 23.1 Å². The highest BCUT2D eigenvalue weighted by Crippen LogP contribution is 2.32. The number of fused-ring (bicyclic) bond motifs is 1. The van der Waals surface area contributed by atoms with Crippen molar-refractivity contribution in [1.29, 1.82) is 0 Å². The zero-order valence-electron chi connectivity index (χ0n) is 13.8. The summed E-state index contributed by atoms with van der Waals surface area (Å²) in [5, 5.41) is 6.92. The van der Waals surface area contributed by atoms with Gasteiger partial charge >= 0.3 is 0 Å². The van der Waals surface area contributed by atoms with Gasteiger partial charge in [-0.15, -0.1) is 11.3 Å². The molecule has 118 valence electrons. The van der Waals surface area contributed by atoms with Crippen LogP contribution >= 0.6 is 23.1 Å². The molecule has 0 spiro atoms. The van der Waals surface area contributed by atoms with Gasteiger partial charge < -0.3 is 5.32 Å². The van der Waals surface area contributed by atoms with Crippen molar-refractivity contribution in [3.8, 4) is 0 Å². The Kier molecular flexibility index (Phi) is 4.74. The number of allylic oxidation sites excluding steroid dienone is 1. The molecule has 0 aliphatic rings. The lowest BCUT2D eigenvalue weighted by Crippen LogP contribution is -1.92. The molecular weight excluding hydrogens is 320 g/mol. The Bertz CT molecular complexity index is 874. The molecule has 2 heterocycles. The molecule has 1 N–H and O–H groups in total. The van der Waals surface area contributed by atoms with Gasteiger partial charge in [-0.2, -0.15) is 0 Å². The smallest absolute Gasteiger partial charge is 0.125 e. The Hall–Kier alpha value is -1.78. The highest BCUT2D eigenvalue weighted by Gasteiger charge is 2.06. The molecule has 23 heavy (non-hydrogen) atoms. The van der Waals surface area contributed by atoms with Gasteiger partial charge in [-0.1, -0.05) is 17.3 Å². The zero-order valence-corrected chi connectivity index (χ0v) is 15.4. The molecule has 0 fully saturated rings. The Morgan fingerprint density at radius 3 is 2.74 bits per heavy atom. The standard InChI is InChI=1S/C19H20N2S2/c1-12(2)11-22-18-6-5-15(9-13(18)3)21-17-7-8-20-19-16(17)10-14(4)23-19/h5-11H,1-4H3,(H,20,21). The third kappa shape index (κ3) is 3.77. The Balaban J connectivity index is 1.87. The maximum absolute atomic E-state index is 4.45. The summed E-state index contributed by atoms with van der Waals surface area (Å²) in [5.74, 6) is 0. The fourth-order valence-electron chi connectivity index (χ4n) is 2.37. The Morgan fingerprint density at radius 2 is 2.00 bits per heavy atom. The summed E-state index contributed by atoms with van der Waals surface area (Å²) >= 11 is 3.51. The third-order valence-electron chi connectivity index (χ3n) is 3.43. The van der Waals surface area contributed by atoms with E-state index in [1.165, 1.54) is 26.3 Å². The van der Waals surface area contributed by atoms with E-state index in [4.69, 9.17) is 0 Å². The average Bonchev–Trinajstić information content (AvgIpc) is 2.87. The molecule has 0 aliphatic heterocycles. The van der Waals surface area contributed by atoms with Gasteiger partial charge in [0.05, 0.1) is 5.69 Å². The predicted molar refractivity (Wildman–Crippen MR) is 104 cm³/mol. The summed E-state index contributed by atoms with van der Waals surface area (Å²) in [4.78, 5) is 8.11. The van der Waals surface area contributed by atoms with Gasteiger partial charge in [-0.25, -0.2) is 4.98 Å². The van der Waals surface area contributed by atoms with Crippen LogP contribution in [0.4, 0.5) is 11.4 Å². The van der Waals surface area contributed by atoms with E-state index in [1.807, 2.05) is 12.3 Å². The lowest BCUT2D eigenvalue weighted by molar-refractivity contribution is 1.30. The molecule has 0 aliphatic carbocycles. The number of pyridine rings is 1. The molecule has 2 nitrogen and oxygen atoms in total. The van der Waals surface area contributed by atoms with Crippen LogP contribution in [0.15, 0.2) is 52.4 Å². The van der Waals surface area contributed by atoms with Crippen molar-refractivity contribution >= 4 is 44.7 Å². The molecule has 2 aromatic heterocycles. The second-order valence-electron chi connectivity index (χ2n) is 5.85. The lowest BCUT2D eigenvalue weighted by Gasteiger charge is -2.10. The highest BCUT2D eigenvalue weighted by molar-refractivity contribution is 8.02. The number of thioether (sulfide) groups is 1. The van der Waals surface area contributed by atoms with Crippen molar-refractivity contribution in [2.75, 3.05) is 5.32 Å². The highest BCUT2D eigenvalue weighted by atomic mass is 32.2. The molecular formula is C19H20N2S2. The number of nitrogens with zero attached hydrogens (tertiary/aromatic N) is 1. The van der Waals surface area contributed by atoms with Crippen molar-refractivity contribution in [3.63, 3.8) is 0 Å². The average molecular weight is 341 g/mol. The fourth-order valence-corrected chi connectivity index (χ4v) is 3.99. The van der Waals surface area contributed by atoms with Gasteiger partial charge in [0.1, 0.15) is 4.83 Å². The predicted octanol–water partition coefficient (Wildman–Crippen LogP) is 6.67. The molecule has 4 heteroatoms. The van der Waals surface area contributed by atoms with Crippen molar-refractivity contribution in [3.05, 3.63) is 58.0 Å². The van der Waals surface area contributed by atoms with Crippen LogP contribution in [-0.4, -0.2) is 4.98 Å². The number of anilines is 2. The molecule has 3 aromatic rings. The number of rotatable bonds is 4. The Morgan fingerprint density at radius 1 is 1.17 bits per heavy atom. The van der Waals surface area contributed by atoms with E-state index in [0.29, 0.717) is 0 Å². The van der Waals surface area contributed by atoms with E-state index < -0.39 is 0 Å². The quantitative estimate of drug-likeness (QED) is 0.537. The second kappa shape index (κ2) is 6.77. The molecule has 0 unspecified atom stereocenters. The number of hydrogen-bond acceptors (Lipinski definition) is 4. The fraction of sp³-hybridized carbons (Fsp3) is 0.211. The van der Waals surface area contributed by atoms with Crippen molar-refractivity contribution in [2.24, 2.45) is 0 Å². The molecule has 0 bridgehead atoms. The molecule has 3 rings (SSSR count). The van der Waals surface area contributed by atoms with Crippen LogP contribution in [0, 0.1) is 13.8 Å². The Labute approximate surface area is 145 Å². The molecule has 0 amide bonds. The number of nitrogens with one attached hydrogen (secondary N) is 1. The molecule has 0 radical (unpaired) electrons. The largest absolute Gasteiger partial charge is 0.355 e. The summed E-state index contributed by atoms with van der Waals surface area (Å²) in [6.45, 7) is 8.52. The number of aryl methyl sites for hydroxylation is 2. The molecule has 1 aromatic carbocycles. The lowest BCUT2D eigenvalue weighted by atomic mass is 10.2. The van der Waals surface area contributed by atoms with Gasteiger partial charge in [0.15, 0.2) is 0 Å². The van der Waals surface area contributed by atoms with E-state index in [9.17, 15) is 0 Å². The summed E-state index contributed by atoms with van der Waals surface area (Å²) in [6.07, 6.45) is 1.87. The third-order valence-corrected chi connectivity index (χ3v) is 5.69. The van der Waals surface area contributed by atoms with E-state index in [0.717, 1.165) is 16.2 Å². The first kappa shape index (κ1) is 16.1. The van der Waals surface area contributed by atoms with Crippen LogP contribution in [0.25, 0.3) is 10.2 Å². The first-order chi connectivity index (χ1) is 11.0. The number of aromatic nitrogens is 1. The maximum Gasteiger partial charge on any atom is 0.125 e. The summed E-state index contributed by atoms with van der Waals surface area (Å²) < 4.78 is 0. The summed E-state index contributed by atoms with van der Waals surface area (Å²) in [7, 11) is 0. The molecule has 0 saturated heterocycles. The minimum atomic E-state index is 1.08. The first-order valence-corrected chi connectivity index (χ1v) is 9.25. The zero-order chi connectivity index (χ0) is 16.4. The molecule has 0 atom stereocenters. The summed E-state index contributed by atoms with van der Waals surface area (Å²) in [6, 6.07) is 10.8. The van der Waals surface area contributed by atoms with Gasteiger partial charge in [-0.3, -0.25) is 0 Å². The van der Waals surface area contributed by atoms with Crippen molar-refractivity contribution in [2.45, 2.75) is 32.6 Å². The van der Waals surface area contributed by atoms with Crippen LogP contribution in [-0.2, 0) is 0 Å². The SMILES string of the molecule is CC(C)=CSc1ccc(Nc2ccnc3sc(C)cc23)cc1C. The second-order valence-corrected chi connectivity index (χ2v) is 8.00. The summed E-state index contributed by atoms with van der Waals surface area (Å²) in [5.41, 5.74) is 4.83. The van der Waals surface area contributed by atoms with Crippen molar-refractivity contribution in [1.82, 2.24) is 4.98 Å². The minimum absolute atomic E-state index is 1.08. The van der Waals surface area contributed by atoms with E-state index in [-0.39, 0.29) is 0 Å². The molecule has 0 saturated carbocycles. The number of thiophene rings is 1. The van der Waals surface area contributed by atoms with Crippen LogP contribution in [0.2, 0.25) is 0 Å². The van der Waals surface area contributed by atoms with E-state index in [2.05, 4.69) is 67.7 Å². The van der Waals surface area contributed by atoms with Gasteiger partial charge in [0, 0.05) is 27.0 Å². The van der Waals surface area contributed by atoms with E-state index >= 15 is 0 Å². The van der Waals surface area contributed by atoms with Crippen LogP contribution in [0.1, 0.15) is 24.3 Å². The maximum atomic E-state index is 4.45. The van der Waals surface area contributed by atoms with Crippen LogP contribution in [0.5, 0.6) is 0 Å². The van der Waals surface area contributed by atoms with Crippen molar-refractivity contribution < 1.29 is 0 Å². The first-order valence-electron chi connectivity index (χ1n) is 7.56. The topological polar surface area (TPSA) is 24.9 Å². The van der Waals surface area contributed by atoms with Crippen LogP contribution in [0.3, 0.4) is 0 Å². The van der Waals surface area contributed by atoms with Gasteiger partial charge in [0.25, 0.3) is 0 Å².